The number of aliphatic hydroxyl groups is 1. The van der Waals surface area contributed by atoms with Crippen LogP contribution in [0.2, 0.25) is 0 Å². The average molecular weight is 1800 g/mol. The highest BCUT2D eigenvalue weighted by Crippen LogP contribution is 2.35. The topological polar surface area (TPSA) is 418 Å². The van der Waals surface area contributed by atoms with E-state index in [2.05, 4.69) is 37.2 Å². The normalized spacial score (nSPS) is 24.1. The minimum Gasteiger partial charge on any atom is -0.497 e. The van der Waals surface area contributed by atoms with Crippen LogP contribution in [0.3, 0.4) is 0 Å². The zero-order valence-electron chi connectivity index (χ0n) is 73.9. The number of nitrogens with zero attached hydrogens (tertiary/aromatic N) is 6. The molecule has 37 heteroatoms. The fraction of sp³-hybridized carbons (Fsp3) is 0.543. The van der Waals surface area contributed by atoms with Gasteiger partial charge in [-0.1, -0.05) is 72.8 Å². The van der Waals surface area contributed by atoms with Gasteiger partial charge in [0.1, 0.15) is 54.9 Å². The molecule has 12 rings (SSSR count). The van der Waals surface area contributed by atoms with Gasteiger partial charge < -0.3 is 95.0 Å². The van der Waals surface area contributed by atoms with Crippen molar-refractivity contribution in [2.75, 3.05) is 107 Å². The van der Waals surface area contributed by atoms with Gasteiger partial charge in [-0.05, 0) is 148 Å². The number of amides is 11. The average Bonchev–Trinajstić information content (AvgIpc) is 1.71. The van der Waals surface area contributed by atoms with Crippen LogP contribution in [0.15, 0.2) is 109 Å². The van der Waals surface area contributed by atoms with E-state index in [1.165, 1.54) is 40.9 Å². The molecule has 4 aromatic carbocycles. The lowest BCUT2D eigenvalue weighted by atomic mass is 9.88. The Labute approximate surface area is 746 Å². The van der Waals surface area contributed by atoms with Gasteiger partial charge in [0, 0.05) is 120 Å². The number of benzene rings is 4. The number of carboxylic acid groups (broad SMARTS) is 1. The lowest BCUT2D eigenvalue weighted by Crippen LogP contribution is -2.62. The number of ketones is 2. The van der Waals surface area contributed by atoms with Crippen molar-refractivity contribution in [2.24, 2.45) is 5.92 Å². The predicted octanol–water partition coefficient (Wildman–Crippen LogP) is 4.15. The molecule has 129 heavy (non-hydrogen) atoms. The van der Waals surface area contributed by atoms with Gasteiger partial charge in [0.05, 0.1) is 84.9 Å². The molecule has 14 bridgehead atoms. The third kappa shape index (κ3) is 29.0. The molecule has 8 heterocycles. The zero-order valence-corrected chi connectivity index (χ0v) is 73.9. The van der Waals surface area contributed by atoms with E-state index < -0.39 is 181 Å². The number of carboxylic acids is 1. The molecule has 33 nitrogen and oxygen atoms in total. The van der Waals surface area contributed by atoms with Crippen LogP contribution in [-0.2, 0) is 127 Å². The number of aliphatic hydroxyl groups excluding tert-OH is 1. The summed E-state index contributed by atoms with van der Waals surface area (Å²) in [6.45, 7) is 3.39. The van der Waals surface area contributed by atoms with E-state index in [1.807, 2.05) is 62.1 Å². The first-order valence-electron chi connectivity index (χ1n) is 44.0. The number of aryl methyl sites for hydroxylation is 1. The monoisotopic (exact) mass is 1800 g/mol. The fourth-order valence-corrected chi connectivity index (χ4v) is 16.7. The van der Waals surface area contributed by atoms with Gasteiger partial charge >= 0.3 is 12.1 Å². The Bertz CT molecular complexity index is 4850. The summed E-state index contributed by atoms with van der Waals surface area (Å²) in [5, 5.41) is 38.7. The maximum absolute atomic E-state index is 16.4. The van der Waals surface area contributed by atoms with Crippen molar-refractivity contribution < 1.29 is 118 Å². The Morgan fingerprint density at radius 3 is 2.09 bits per heavy atom. The van der Waals surface area contributed by atoms with E-state index in [1.54, 1.807) is 72.6 Å². The molecule has 10 atom stereocenters. The van der Waals surface area contributed by atoms with Crippen molar-refractivity contribution in [3.63, 3.8) is 0 Å². The van der Waals surface area contributed by atoms with E-state index in [0.717, 1.165) is 17.7 Å². The van der Waals surface area contributed by atoms with E-state index in [-0.39, 0.29) is 136 Å². The number of methoxy groups -OCH3 is 1. The number of hydrogen-bond donors (Lipinski definition) is 9. The number of nitrogens with one attached hydrogen (secondary N) is 7. The number of halogens is 4. The highest BCUT2D eigenvalue weighted by Gasteiger charge is 2.50. The Balaban J connectivity index is 0.00000237. The number of carbonyl (C=O) groups is 14. The third-order valence-corrected chi connectivity index (χ3v) is 24.0. The van der Waals surface area contributed by atoms with Crippen LogP contribution in [0.25, 0.3) is 10.9 Å². The van der Waals surface area contributed by atoms with Gasteiger partial charge in [0.2, 0.25) is 65.0 Å². The number of fused-ring (bicyclic) bond motifs is 19. The van der Waals surface area contributed by atoms with Crippen molar-refractivity contribution in [3.05, 3.63) is 149 Å². The minimum absolute atomic E-state index is 0.0289. The molecule has 7 aliphatic rings. The lowest BCUT2D eigenvalue weighted by Gasteiger charge is -2.37. The van der Waals surface area contributed by atoms with E-state index in [9.17, 15) is 47.0 Å². The molecule has 0 radical (unpaired) electrons. The summed E-state index contributed by atoms with van der Waals surface area (Å²) in [5.41, 5.74) is 2.82. The van der Waals surface area contributed by atoms with Crippen molar-refractivity contribution in [1.82, 2.24) is 61.4 Å². The van der Waals surface area contributed by atoms with Crippen LogP contribution >= 0.6 is 0 Å². The number of allylic oxidation sites excluding steroid dienone is 2. The number of hydrogen-bond acceptors (Lipinski definition) is 19. The minimum atomic E-state index is -5.08. The quantitative estimate of drug-likeness (QED) is 0.0346. The predicted molar refractivity (Wildman–Crippen MR) is 462 cm³/mol. The number of alkyl halides is 3. The van der Waals surface area contributed by atoms with E-state index >= 15 is 38.0 Å². The highest BCUT2D eigenvalue weighted by atomic mass is 19.4. The maximum Gasteiger partial charge on any atom is 0.490 e. The number of aromatic nitrogens is 1. The molecule has 9 N–H and O–H groups in total. The number of quaternary nitrogens is 1. The summed E-state index contributed by atoms with van der Waals surface area (Å²) in [6, 6.07) is 15.5. The van der Waals surface area contributed by atoms with Crippen LogP contribution in [0.5, 0.6) is 5.75 Å². The number of rotatable bonds is 13. The molecule has 1 aromatic heterocycles. The van der Waals surface area contributed by atoms with Crippen LogP contribution in [0.4, 0.5) is 17.6 Å². The largest absolute Gasteiger partial charge is 0.497 e. The van der Waals surface area contributed by atoms with Crippen LogP contribution in [0.1, 0.15) is 137 Å². The summed E-state index contributed by atoms with van der Waals surface area (Å²) in [6.07, 6.45) is -1.91. The van der Waals surface area contributed by atoms with Crippen molar-refractivity contribution >= 4 is 93.4 Å². The first kappa shape index (κ1) is 99.6. The zero-order chi connectivity index (χ0) is 93.3. The Kier molecular flexibility index (Phi) is 36.0. The number of aliphatic carboxylic acids is 1. The van der Waals surface area contributed by atoms with Crippen LogP contribution in [0, 0.1) is 11.7 Å². The SMILES string of the molecule is COc1ccc(C[C@@H]2NC(=O)[C@H]([C@@H](C)O)NC(=O)[C@@H]3[C@@H]4CCN3C(=O)[C@H]3CC(=O)[C@H](Cc5cccc(c5)CNC(=O)CO4)NC(=O)[C@H]4CNC(=O)CCCCN(C(=O)CCOCCOCC[N+](C)(C)C)C[C@H](NC(=O)CCC(=O)N(CCCC=CCn5cc(c6cc(F)ccc65)C3)Cc3ccc(cc3)CCCC(=O)[C@]3(C)CCCN3C2=O)C(=O)N4)cc1.O=C(O)C(F)(F)F. The van der Waals surface area contributed by atoms with E-state index in [4.69, 9.17) is 28.8 Å². The first-order chi connectivity index (χ1) is 61.4. The summed E-state index contributed by atoms with van der Waals surface area (Å²) in [5.74, 6) is -13.6. The number of carbonyl (C=O) groups excluding carboxylic acids is 13. The molecular weight excluding hydrogens is 1680 g/mol. The Morgan fingerprint density at radius 2 is 1.37 bits per heavy atom. The van der Waals surface area contributed by atoms with E-state index in [0.29, 0.717) is 88.5 Å². The molecule has 11 amide bonds. The summed E-state index contributed by atoms with van der Waals surface area (Å²) in [4.78, 5) is 211. The third-order valence-electron chi connectivity index (χ3n) is 24.0. The maximum atomic E-state index is 16.4. The molecule has 0 spiro atoms. The lowest BCUT2D eigenvalue weighted by molar-refractivity contribution is -0.870. The molecule has 7 aliphatic heterocycles. The van der Waals surface area contributed by atoms with Gasteiger partial charge in [-0.2, -0.15) is 13.2 Å². The van der Waals surface area contributed by atoms with Gasteiger partial charge in [-0.3, -0.25) is 62.3 Å². The van der Waals surface area contributed by atoms with Gasteiger partial charge in [0.25, 0.3) is 0 Å². The van der Waals surface area contributed by atoms with Crippen molar-refractivity contribution in [1.29, 1.82) is 0 Å². The molecule has 3 fully saturated rings. The fourth-order valence-electron chi connectivity index (χ4n) is 16.7. The number of Topliss-reactive ketones (excluding diaryl/α,β-unsaturated/α-hetero) is 2. The summed E-state index contributed by atoms with van der Waals surface area (Å²) in [7, 11) is 7.63. The Morgan fingerprint density at radius 1 is 0.659 bits per heavy atom. The number of ether oxygens (including phenoxy) is 4. The number of likely N-dealkylation sites (N-methyl/N-ethyl adjacent to an activating group) is 1. The molecule has 3 saturated heterocycles. The van der Waals surface area contributed by atoms with Crippen molar-refractivity contribution in [3.8, 4) is 5.75 Å². The molecule has 0 saturated carbocycles. The summed E-state index contributed by atoms with van der Waals surface area (Å²) < 4.78 is 73.6. The second kappa shape index (κ2) is 46.6. The standard InChI is InChI=1S/C90H118FN13O18.C2HF3O2/c1-58(105)82-86(115)96-70(47-60-25-28-67(119-6)29-26-60)89(118)103-39-15-35-90(103,2)76(107)19-14-16-59-21-23-61(24-22-59)54-100-37-11-8-7-10-36-99-55-65(68-51-66(91)27-30-73(68)99)49-64-50-74(106)69(48-62-17-13-18-63(46-62)52-92-79(110)57-122-75-33-40-102(88(64)117)83(75)87(116)98-82)95-84(113)71-53-93-77(108)20-9-12-38-101(56-72(85(114)97-71)94-78(109)31-32-80(100)111)81(112)34-42-120-44-45-121-43-41-104(3,4)5;3-2(4,5)1(6)7/h7,10,13,17-18,21-30,46,51,55,58,64,69-72,75,82-83,105H,8-9,11-12,14-16,19-20,31-45,47-50,52-54,56-57H2,1-6H3,(H6-,92,93,94,95,96,97,98,108,109,110,113,114,115,116);(H,6,7)/p+1/t58-,64-,69+,70+,71-,72+,75+,82+,83+,90+;/m1./s1. The molecular formula is C92H120F4N13O20+. The van der Waals surface area contributed by atoms with Gasteiger partial charge in [-0.15, -0.1) is 0 Å². The first-order valence-corrected chi connectivity index (χ1v) is 44.0. The molecule has 700 valence electrons. The van der Waals surface area contributed by atoms with Gasteiger partial charge in [-0.25, -0.2) is 9.18 Å². The highest BCUT2D eigenvalue weighted by molar-refractivity contribution is 6.01. The second-order valence-electron chi connectivity index (χ2n) is 34.8. The smallest absolute Gasteiger partial charge is 0.490 e. The van der Waals surface area contributed by atoms with Crippen LogP contribution in [-0.4, -0.2) is 289 Å². The summed E-state index contributed by atoms with van der Waals surface area (Å²) >= 11 is 0. The van der Waals surface area contributed by atoms with Crippen LogP contribution < -0.4 is 42.0 Å². The molecule has 5 aromatic rings. The molecule has 0 unspecified atom stereocenters. The second-order valence-corrected chi connectivity index (χ2v) is 34.8. The van der Waals surface area contributed by atoms with Gasteiger partial charge in [0.15, 0.2) is 11.6 Å². The van der Waals surface area contributed by atoms with Crippen molar-refractivity contribution in [2.45, 2.75) is 209 Å². The molecule has 0 aliphatic carbocycles. The Hall–Kier alpha value is -11.5.